The number of nitrogens with one attached hydrogen (secondary N) is 1. The molecule has 2 rings (SSSR count). The topological polar surface area (TPSA) is 86.3 Å². The van der Waals surface area contributed by atoms with E-state index >= 15 is 0 Å². The van der Waals surface area contributed by atoms with Gasteiger partial charge in [0.2, 0.25) is 0 Å². The smallest absolute Gasteiger partial charge is 0.361 e. The fraction of sp³-hybridized carbons (Fsp3) is 0.400. The largest absolute Gasteiger partial charge is 0.493 e. The Kier molecular flexibility index (Phi) is 6.20. The van der Waals surface area contributed by atoms with Gasteiger partial charge in [0.25, 0.3) is 0 Å². The highest BCUT2D eigenvalue weighted by molar-refractivity contribution is 14.1. The van der Waals surface area contributed by atoms with Crippen molar-refractivity contribution in [2.24, 2.45) is 0 Å². The Bertz CT molecular complexity index is 687. The summed E-state index contributed by atoms with van der Waals surface area (Å²) >= 11 is 2.17. The van der Waals surface area contributed by atoms with Crippen LogP contribution in [0.1, 0.15) is 30.8 Å². The van der Waals surface area contributed by atoms with Crippen molar-refractivity contribution in [1.82, 2.24) is 15.4 Å². The van der Waals surface area contributed by atoms with E-state index in [4.69, 9.17) is 14.2 Å². The van der Waals surface area contributed by atoms with Crippen LogP contribution in [0.3, 0.4) is 0 Å². The van der Waals surface area contributed by atoms with Gasteiger partial charge in [0.15, 0.2) is 17.2 Å². The van der Waals surface area contributed by atoms with Gasteiger partial charge >= 0.3 is 5.97 Å². The van der Waals surface area contributed by atoms with Crippen molar-refractivity contribution in [3.8, 4) is 22.8 Å². The lowest BCUT2D eigenvalue weighted by molar-refractivity contribution is 0.0520. The van der Waals surface area contributed by atoms with Gasteiger partial charge in [-0.05, 0) is 48.1 Å². The Hall–Kier alpha value is -1.84. The van der Waals surface area contributed by atoms with Crippen LogP contribution in [0, 0.1) is 3.57 Å². The zero-order valence-corrected chi connectivity index (χ0v) is 15.3. The van der Waals surface area contributed by atoms with Crippen LogP contribution in [0.5, 0.6) is 11.5 Å². The van der Waals surface area contributed by atoms with Crippen molar-refractivity contribution >= 4 is 28.6 Å². The third kappa shape index (κ3) is 3.92. The number of carbonyl (C=O) groups excluding carboxylic acids is 1. The van der Waals surface area contributed by atoms with Crippen LogP contribution in [0.15, 0.2) is 12.1 Å². The number of halogens is 1. The molecular formula is C15H18IN3O4. The zero-order chi connectivity index (χ0) is 16.8. The van der Waals surface area contributed by atoms with Crippen LogP contribution >= 0.6 is 22.6 Å². The molecule has 1 heterocycles. The molecule has 0 aliphatic rings. The highest BCUT2D eigenvalue weighted by atomic mass is 127. The van der Waals surface area contributed by atoms with E-state index in [2.05, 4.69) is 38.0 Å². The average molecular weight is 431 g/mol. The van der Waals surface area contributed by atoms with Crippen LogP contribution < -0.4 is 9.47 Å². The molecule has 0 spiro atoms. The number of methoxy groups -OCH3 is 1. The van der Waals surface area contributed by atoms with E-state index in [9.17, 15) is 4.79 Å². The van der Waals surface area contributed by atoms with E-state index in [0.29, 0.717) is 29.4 Å². The third-order valence-corrected chi connectivity index (χ3v) is 3.77. The van der Waals surface area contributed by atoms with Gasteiger partial charge in [-0.2, -0.15) is 10.3 Å². The highest BCUT2D eigenvalue weighted by Crippen LogP contribution is 2.37. The highest BCUT2D eigenvalue weighted by Gasteiger charge is 2.21. The lowest BCUT2D eigenvalue weighted by atomic mass is 10.1. The van der Waals surface area contributed by atoms with E-state index in [-0.39, 0.29) is 12.3 Å². The molecule has 23 heavy (non-hydrogen) atoms. The number of benzene rings is 1. The summed E-state index contributed by atoms with van der Waals surface area (Å²) in [5.74, 6) is 0.745. The van der Waals surface area contributed by atoms with Crippen LogP contribution in [-0.4, -0.2) is 41.7 Å². The van der Waals surface area contributed by atoms with Gasteiger partial charge < -0.3 is 14.2 Å². The number of H-pyrrole nitrogens is 1. The molecule has 0 saturated carbocycles. The van der Waals surface area contributed by atoms with Gasteiger partial charge in [-0.3, -0.25) is 0 Å². The first-order valence-electron chi connectivity index (χ1n) is 7.20. The fourth-order valence-corrected chi connectivity index (χ4v) is 2.73. The summed E-state index contributed by atoms with van der Waals surface area (Å²) < 4.78 is 17.0. The van der Waals surface area contributed by atoms with E-state index in [1.165, 1.54) is 0 Å². The molecule has 1 aromatic heterocycles. The summed E-state index contributed by atoms with van der Waals surface area (Å²) in [5, 5.41) is 10.4. The number of hydrogen-bond donors (Lipinski definition) is 1. The first-order valence-corrected chi connectivity index (χ1v) is 8.28. The first-order chi connectivity index (χ1) is 11.1. The molecular weight excluding hydrogens is 413 g/mol. The normalized spacial score (nSPS) is 10.4. The van der Waals surface area contributed by atoms with Gasteiger partial charge in [0.05, 0.1) is 23.9 Å². The number of carbonyl (C=O) groups is 1. The molecule has 0 fully saturated rings. The van der Waals surface area contributed by atoms with Crippen LogP contribution in [0.4, 0.5) is 0 Å². The van der Waals surface area contributed by atoms with Crippen LogP contribution in [-0.2, 0) is 4.74 Å². The van der Waals surface area contributed by atoms with Gasteiger partial charge in [0, 0.05) is 5.56 Å². The molecule has 0 radical (unpaired) electrons. The van der Waals surface area contributed by atoms with Crippen molar-refractivity contribution in [3.63, 3.8) is 0 Å². The quantitative estimate of drug-likeness (QED) is 0.536. The molecule has 1 aromatic carbocycles. The maximum Gasteiger partial charge on any atom is 0.361 e. The number of nitrogens with zero attached hydrogens (tertiary/aromatic N) is 2. The van der Waals surface area contributed by atoms with Crippen molar-refractivity contribution in [3.05, 3.63) is 21.4 Å². The molecule has 0 amide bonds. The lowest BCUT2D eigenvalue weighted by Gasteiger charge is -2.13. The predicted octanol–water partition coefficient (Wildman–Crippen LogP) is 3.05. The summed E-state index contributed by atoms with van der Waals surface area (Å²) in [6.07, 6.45) is 0.900. The Morgan fingerprint density at radius 1 is 1.30 bits per heavy atom. The molecule has 0 aliphatic carbocycles. The SMILES string of the molecule is CCCOc1c(I)cc(-c2n[nH]nc2C(=O)OCC)cc1OC. The second-order valence-electron chi connectivity index (χ2n) is 4.58. The minimum atomic E-state index is -0.517. The molecule has 2 aromatic rings. The van der Waals surface area contributed by atoms with E-state index in [1.807, 2.05) is 13.0 Å². The minimum absolute atomic E-state index is 0.145. The summed E-state index contributed by atoms with van der Waals surface area (Å²) in [5.41, 5.74) is 1.26. The fourth-order valence-electron chi connectivity index (χ4n) is 1.97. The van der Waals surface area contributed by atoms with E-state index < -0.39 is 5.97 Å². The first kappa shape index (κ1) is 17.5. The number of hydrogen-bond acceptors (Lipinski definition) is 6. The standard InChI is InChI=1S/C15H18IN3O4/c1-4-6-23-14-10(16)7-9(8-11(14)21-3)12-13(18-19-17-12)15(20)22-5-2/h7-8H,4-6H2,1-3H3,(H,17,18,19). The number of aromatic nitrogens is 3. The van der Waals surface area contributed by atoms with Crippen molar-refractivity contribution in [2.45, 2.75) is 20.3 Å². The predicted molar refractivity (Wildman–Crippen MR) is 92.8 cm³/mol. The second-order valence-corrected chi connectivity index (χ2v) is 5.74. The molecule has 0 unspecified atom stereocenters. The van der Waals surface area contributed by atoms with Crippen LogP contribution in [0.25, 0.3) is 11.3 Å². The molecule has 0 atom stereocenters. The van der Waals surface area contributed by atoms with Gasteiger partial charge in [-0.25, -0.2) is 4.79 Å². The summed E-state index contributed by atoms with van der Waals surface area (Å²) in [6, 6.07) is 3.64. The molecule has 8 heteroatoms. The second kappa shape index (κ2) is 8.14. The minimum Gasteiger partial charge on any atom is -0.493 e. The third-order valence-electron chi connectivity index (χ3n) is 2.97. The summed E-state index contributed by atoms with van der Waals surface area (Å²) in [7, 11) is 1.57. The monoisotopic (exact) mass is 431 g/mol. The number of ether oxygens (including phenoxy) is 3. The van der Waals surface area contributed by atoms with Gasteiger partial charge in [-0.15, -0.1) is 5.10 Å². The summed E-state index contributed by atoms with van der Waals surface area (Å²) in [4.78, 5) is 11.9. The maximum absolute atomic E-state index is 11.9. The molecule has 124 valence electrons. The maximum atomic E-state index is 11.9. The molecule has 1 N–H and O–H groups in total. The van der Waals surface area contributed by atoms with Crippen molar-refractivity contribution in [1.29, 1.82) is 0 Å². The molecule has 0 saturated heterocycles. The summed E-state index contributed by atoms with van der Waals surface area (Å²) in [6.45, 7) is 4.65. The molecule has 0 aliphatic heterocycles. The lowest BCUT2D eigenvalue weighted by Crippen LogP contribution is -2.07. The molecule has 7 nitrogen and oxygen atoms in total. The Morgan fingerprint density at radius 3 is 2.74 bits per heavy atom. The van der Waals surface area contributed by atoms with Crippen LogP contribution in [0.2, 0.25) is 0 Å². The van der Waals surface area contributed by atoms with Crippen molar-refractivity contribution < 1.29 is 19.0 Å². The van der Waals surface area contributed by atoms with E-state index in [0.717, 1.165) is 9.99 Å². The number of rotatable bonds is 7. The Morgan fingerprint density at radius 2 is 2.09 bits per heavy atom. The Balaban J connectivity index is 2.43. The molecule has 0 bridgehead atoms. The Labute approximate surface area is 147 Å². The number of aromatic amines is 1. The number of esters is 1. The zero-order valence-electron chi connectivity index (χ0n) is 13.2. The average Bonchev–Trinajstić information content (AvgIpc) is 3.03. The van der Waals surface area contributed by atoms with E-state index in [1.54, 1.807) is 20.1 Å². The van der Waals surface area contributed by atoms with Crippen molar-refractivity contribution in [2.75, 3.05) is 20.3 Å². The van der Waals surface area contributed by atoms with Gasteiger partial charge in [0.1, 0.15) is 5.69 Å². The van der Waals surface area contributed by atoms with Gasteiger partial charge in [-0.1, -0.05) is 6.92 Å².